The van der Waals surface area contributed by atoms with Crippen LogP contribution < -0.4 is 20.9 Å². The molecule has 18 nitrogen and oxygen atoms in total. The van der Waals surface area contributed by atoms with Gasteiger partial charge in [0.25, 0.3) is 0 Å². The maximum atomic E-state index is 12.1. The molecule has 4 aliphatic rings. The predicted octanol–water partition coefficient (Wildman–Crippen LogP) is 6.17. The number of piperidine rings is 1. The molecule has 2 aliphatic heterocycles. The summed E-state index contributed by atoms with van der Waals surface area (Å²) in [5.41, 5.74) is 7.80. The average molecular weight is 909 g/mol. The van der Waals surface area contributed by atoms with Gasteiger partial charge in [-0.1, -0.05) is 0 Å². The van der Waals surface area contributed by atoms with Crippen molar-refractivity contribution in [2.24, 2.45) is 0 Å². The number of hydrogen-bond acceptors (Lipinski definition) is 15. The molecule has 4 N–H and O–H groups in total. The maximum Gasteiger partial charge on any atom is 0.409 e. The number of nitrogens with zero attached hydrogens (tertiary/aromatic N) is 9. The van der Waals surface area contributed by atoms with Gasteiger partial charge >= 0.3 is 6.09 Å². The van der Waals surface area contributed by atoms with Gasteiger partial charge in [-0.3, -0.25) is 5.32 Å². The Morgan fingerprint density at radius 1 is 0.758 bits per heavy atom. The quantitative estimate of drug-likeness (QED) is 0.0933. The van der Waals surface area contributed by atoms with E-state index in [1.807, 2.05) is 18.6 Å². The number of amides is 1. The number of methoxy groups -OCH3 is 3. The Labute approximate surface area is 387 Å². The molecule has 4 fully saturated rings. The summed E-state index contributed by atoms with van der Waals surface area (Å²) >= 11 is 0. The Morgan fingerprint density at radius 3 is 1.98 bits per heavy atom. The summed E-state index contributed by atoms with van der Waals surface area (Å²) in [6.07, 6.45) is 14.8. The number of aliphatic hydroxyl groups is 1. The van der Waals surface area contributed by atoms with E-state index in [-0.39, 0.29) is 36.6 Å². The molecule has 2 saturated carbocycles. The molecule has 356 valence electrons. The summed E-state index contributed by atoms with van der Waals surface area (Å²) in [4.78, 5) is 30.3. The fourth-order valence-electron chi connectivity index (χ4n) is 10.7. The van der Waals surface area contributed by atoms with Crippen LogP contribution in [-0.2, 0) is 18.9 Å². The van der Waals surface area contributed by atoms with Gasteiger partial charge in [0.15, 0.2) is 0 Å². The molecule has 66 heavy (non-hydrogen) atoms. The fourth-order valence-corrected chi connectivity index (χ4v) is 10.7. The van der Waals surface area contributed by atoms with Crippen LogP contribution in [0.2, 0.25) is 0 Å². The van der Waals surface area contributed by atoms with Gasteiger partial charge in [0.1, 0.15) is 12.0 Å². The third-order valence-electron chi connectivity index (χ3n) is 14.2. The lowest BCUT2D eigenvalue weighted by Crippen LogP contribution is -2.49. The highest BCUT2D eigenvalue weighted by atomic mass is 16.5. The van der Waals surface area contributed by atoms with Gasteiger partial charge in [0.2, 0.25) is 11.9 Å². The number of anilines is 3. The van der Waals surface area contributed by atoms with Crippen molar-refractivity contribution in [2.45, 2.75) is 126 Å². The highest BCUT2D eigenvalue weighted by Gasteiger charge is 2.33. The Balaban J connectivity index is 0.867. The minimum absolute atomic E-state index is 0.00540. The molecule has 1 unspecified atom stereocenters. The van der Waals surface area contributed by atoms with E-state index in [1.165, 1.54) is 24.1 Å². The minimum atomic E-state index is -0.295. The fraction of sp³-hybridized carbons (Fsp3) is 0.625. The van der Waals surface area contributed by atoms with Gasteiger partial charge in [-0.05, 0) is 119 Å². The second-order valence-electron chi connectivity index (χ2n) is 18.9. The number of aliphatic hydroxyl groups excluding tert-OH is 1. The molecule has 0 radical (unpaired) electrons. The zero-order chi connectivity index (χ0) is 45.7. The van der Waals surface area contributed by atoms with Crippen molar-refractivity contribution in [3.8, 4) is 11.1 Å². The zero-order valence-electron chi connectivity index (χ0n) is 39.2. The van der Waals surface area contributed by atoms with Gasteiger partial charge in [-0.15, -0.1) is 10.2 Å². The van der Waals surface area contributed by atoms with Gasteiger partial charge < -0.3 is 44.5 Å². The molecule has 18 heteroatoms. The number of ether oxygens (including phenoxy) is 4. The average Bonchev–Trinajstić information content (AvgIpc) is 3.91. The Bertz CT molecular complexity index is 2400. The molecule has 2 saturated heterocycles. The summed E-state index contributed by atoms with van der Waals surface area (Å²) in [7, 11) is 4.82. The number of hydrogen-bond donors (Lipinski definition) is 4. The van der Waals surface area contributed by atoms with E-state index in [4.69, 9.17) is 44.1 Å². The minimum Gasteiger partial charge on any atom is -0.453 e. The second-order valence-corrected chi connectivity index (χ2v) is 18.9. The lowest BCUT2D eigenvalue weighted by Gasteiger charge is -2.35. The van der Waals surface area contributed by atoms with Crippen molar-refractivity contribution >= 4 is 34.8 Å². The summed E-state index contributed by atoms with van der Waals surface area (Å²) in [6.45, 7) is 8.57. The molecular weight excluding hydrogens is 841 g/mol. The first-order chi connectivity index (χ1) is 32.2. The van der Waals surface area contributed by atoms with Crippen LogP contribution >= 0.6 is 0 Å². The van der Waals surface area contributed by atoms with E-state index in [2.05, 4.69) is 68.0 Å². The van der Waals surface area contributed by atoms with E-state index in [1.54, 1.807) is 19.1 Å². The van der Waals surface area contributed by atoms with Gasteiger partial charge in [0.05, 0.1) is 56.0 Å². The van der Waals surface area contributed by atoms with Crippen molar-refractivity contribution in [2.75, 3.05) is 82.8 Å². The number of nitrogens with one attached hydrogen (secondary N) is 3. The van der Waals surface area contributed by atoms with Crippen molar-refractivity contribution in [1.29, 1.82) is 0 Å². The topological polar surface area (TPSA) is 190 Å². The van der Waals surface area contributed by atoms with Crippen LogP contribution in [0.25, 0.3) is 22.2 Å². The Kier molecular flexibility index (Phi) is 14.5. The SMILES string of the molecule is COC[C@H](C)Nc1ncc2c(-c3ccnc(N4CCN(C(=O)OC)CC4)c3)cc(C3CCC(OC4CC[C@@H](c5cc(C6CCC(O)CC6)n6nc(N[C@@H](C)COC)ncc56)CN4)CC3)n2n1. The summed E-state index contributed by atoms with van der Waals surface area (Å²) in [5, 5.41) is 31.0. The highest BCUT2D eigenvalue weighted by Crippen LogP contribution is 2.41. The van der Waals surface area contributed by atoms with Crippen LogP contribution in [0.4, 0.5) is 22.5 Å². The zero-order valence-corrected chi connectivity index (χ0v) is 39.2. The third kappa shape index (κ3) is 10.2. The third-order valence-corrected chi connectivity index (χ3v) is 14.2. The number of fused-ring (bicyclic) bond motifs is 2. The number of carbonyl (C=O) groups is 1. The van der Waals surface area contributed by atoms with Gasteiger partial charge in [0, 0.05) is 94.0 Å². The van der Waals surface area contributed by atoms with Crippen molar-refractivity contribution < 1.29 is 28.8 Å². The van der Waals surface area contributed by atoms with Crippen molar-refractivity contribution in [1.82, 2.24) is 44.4 Å². The Hall–Kier alpha value is -5.14. The van der Waals surface area contributed by atoms with E-state index in [9.17, 15) is 9.90 Å². The number of pyridine rings is 1. The number of rotatable bonds is 15. The van der Waals surface area contributed by atoms with E-state index < -0.39 is 0 Å². The van der Waals surface area contributed by atoms with Crippen LogP contribution in [0.3, 0.4) is 0 Å². The van der Waals surface area contributed by atoms with Crippen LogP contribution in [0, 0.1) is 0 Å². The number of aromatic nitrogens is 7. The molecule has 0 aromatic carbocycles. The smallest absolute Gasteiger partial charge is 0.409 e. The van der Waals surface area contributed by atoms with Crippen LogP contribution in [0.1, 0.15) is 113 Å². The van der Waals surface area contributed by atoms with Gasteiger partial charge in [-0.25, -0.2) is 28.8 Å². The van der Waals surface area contributed by atoms with E-state index >= 15 is 0 Å². The number of piperazine rings is 1. The first-order valence-electron chi connectivity index (χ1n) is 24.1. The predicted molar refractivity (Wildman–Crippen MR) is 252 cm³/mol. The maximum absolute atomic E-state index is 12.1. The van der Waals surface area contributed by atoms with Gasteiger partial charge in [-0.2, -0.15) is 0 Å². The monoisotopic (exact) mass is 909 g/mol. The molecule has 5 aromatic heterocycles. The van der Waals surface area contributed by atoms with Crippen LogP contribution in [-0.4, -0.2) is 148 Å². The largest absolute Gasteiger partial charge is 0.453 e. The molecule has 5 aromatic rings. The molecule has 7 heterocycles. The highest BCUT2D eigenvalue weighted by molar-refractivity contribution is 5.82. The first kappa shape index (κ1) is 46.0. The summed E-state index contributed by atoms with van der Waals surface area (Å²) < 4.78 is 26.7. The molecule has 2 aliphatic carbocycles. The molecular formula is C48H68N12O6. The number of carbonyl (C=O) groups excluding carboxylic acids is 1. The second kappa shape index (κ2) is 20.8. The van der Waals surface area contributed by atoms with Crippen LogP contribution in [0.5, 0.6) is 0 Å². The first-order valence-corrected chi connectivity index (χ1v) is 24.1. The normalized spacial score (nSPS) is 24.9. The molecule has 4 atom stereocenters. The molecule has 0 spiro atoms. The van der Waals surface area contributed by atoms with E-state index in [0.29, 0.717) is 69.0 Å². The Morgan fingerprint density at radius 2 is 1.36 bits per heavy atom. The van der Waals surface area contributed by atoms with E-state index in [0.717, 1.165) is 98.7 Å². The standard InChI is InChI=1S/C48H68N12O6/c1-30(28-63-3)53-46-51-26-42-38(34-16-17-49-44(22-34)57-18-20-58(21-19-57)48(62)65-5)23-40(59(42)55-46)33-8-13-37(14-9-33)66-45-15-10-35(25-50-45)39-24-41(32-6-11-36(61)12-7-32)60-43(39)27-52-47(56-60)54-31(2)29-64-4/h16-17,22-24,26-27,30-33,35-37,45,50,61H,6-15,18-21,25,28-29H2,1-5H3,(H,53,55)(H,54,56)/t30-,31-,32?,33?,35+,36?,37?,45?/m0/s1. The van der Waals surface area contributed by atoms with Crippen molar-refractivity contribution in [3.05, 3.63) is 59.8 Å². The molecule has 0 bridgehead atoms. The summed E-state index contributed by atoms with van der Waals surface area (Å²) in [5.74, 6) is 3.00. The summed E-state index contributed by atoms with van der Waals surface area (Å²) in [6, 6.07) is 8.99. The van der Waals surface area contributed by atoms with Crippen LogP contribution in [0.15, 0.2) is 42.9 Å². The lowest BCUT2D eigenvalue weighted by molar-refractivity contribution is -0.0609. The molecule has 1 amide bonds. The van der Waals surface area contributed by atoms with Crippen molar-refractivity contribution in [3.63, 3.8) is 0 Å². The molecule has 9 rings (SSSR count). The lowest BCUT2D eigenvalue weighted by atomic mass is 9.84.